The van der Waals surface area contributed by atoms with Gasteiger partial charge in [0.1, 0.15) is 0 Å². The maximum Gasteiger partial charge on any atom is 0.0178 e. The van der Waals surface area contributed by atoms with Gasteiger partial charge in [0.2, 0.25) is 0 Å². The maximum absolute atomic E-state index is 3.65. The van der Waals surface area contributed by atoms with Crippen LogP contribution in [0.25, 0.3) is 0 Å². The van der Waals surface area contributed by atoms with Crippen molar-refractivity contribution in [3.8, 4) is 0 Å². The molecule has 0 aromatic heterocycles. The van der Waals surface area contributed by atoms with Crippen molar-refractivity contribution < 1.29 is 0 Å². The molecule has 0 aliphatic heterocycles. The van der Waals surface area contributed by atoms with Crippen LogP contribution in [0.15, 0.2) is 0 Å². The van der Waals surface area contributed by atoms with E-state index in [9.17, 15) is 0 Å². The van der Waals surface area contributed by atoms with Gasteiger partial charge in [-0.1, -0.05) is 40.5 Å². The zero-order chi connectivity index (χ0) is 9.45. The van der Waals surface area contributed by atoms with E-state index < -0.39 is 0 Å². The highest BCUT2D eigenvalue weighted by molar-refractivity contribution is 4.85. The zero-order valence-electron chi connectivity index (χ0n) is 9.24. The summed E-state index contributed by atoms with van der Waals surface area (Å²) in [7, 11) is 0. The summed E-state index contributed by atoms with van der Waals surface area (Å²) < 4.78 is 0. The molecule has 0 aliphatic carbocycles. The first-order chi connectivity index (χ1) is 5.74. The highest BCUT2D eigenvalue weighted by Gasteiger charge is 2.23. The molecule has 0 saturated heterocycles. The zero-order valence-corrected chi connectivity index (χ0v) is 9.24. The smallest absolute Gasteiger partial charge is 0.0178 e. The lowest BCUT2D eigenvalue weighted by Crippen LogP contribution is -2.44. The first-order valence-electron chi connectivity index (χ1n) is 5.49. The molecule has 0 radical (unpaired) electrons. The van der Waals surface area contributed by atoms with Crippen molar-refractivity contribution in [2.75, 3.05) is 6.54 Å². The van der Waals surface area contributed by atoms with Gasteiger partial charge in [-0.25, -0.2) is 0 Å². The van der Waals surface area contributed by atoms with E-state index in [0.717, 1.165) is 6.54 Å². The molecule has 74 valence electrons. The predicted molar refractivity (Wildman–Crippen MR) is 56.5 cm³/mol. The van der Waals surface area contributed by atoms with Crippen LogP contribution < -0.4 is 5.32 Å². The molecule has 0 amide bonds. The fraction of sp³-hybridized carbons (Fsp3) is 1.00. The van der Waals surface area contributed by atoms with Crippen molar-refractivity contribution in [2.45, 2.75) is 65.3 Å². The van der Waals surface area contributed by atoms with E-state index in [4.69, 9.17) is 0 Å². The van der Waals surface area contributed by atoms with Gasteiger partial charge in [-0.2, -0.15) is 0 Å². The highest BCUT2D eigenvalue weighted by Crippen LogP contribution is 2.22. The average molecular weight is 171 g/mol. The lowest BCUT2D eigenvalue weighted by molar-refractivity contribution is 0.270. The third-order valence-corrected chi connectivity index (χ3v) is 2.69. The van der Waals surface area contributed by atoms with Gasteiger partial charge >= 0.3 is 0 Å². The Bertz CT molecular complexity index is 82.2. The quantitative estimate of drug-likeness (QED) is 0.619. The summed E-state index contributed by atoms with van der Waals surface area (Å²) in [4.78, 5) is 0. The van der Waals surface area contributed by atoms with E-state index in [1.165, 1.54) is 32.1 Å². The lowest BCUT2D eigenvalue weighted by Gasteiger charge is -2.33. The normalized spacial score (nSPS) is 12.0. The van der Waals surface area contributed by atoms with Crippen LogP contribution in [-0.4, -0.2) is 12.1 Å². The summed E-state index contributed by atoms with van der Waals surface area (Å²) >= 11 is 0. The summed E-state index contributed by atoms with van der Waals surface area (Å²) in [6.07, 6.45) is 6.50. The molecule has 1 heteroatoms. The van der Waals surface area contributed by atoms with E-state index in [1.54, 1.807) is 0 Å². The maximum atomic E-state index is 3.65. The SMILES string of the molecule is CCCC(CC)(CCC)NCC. The Labute approximate surface area is 77.9 Å². The van der Waals surface area contributed by atoms with E-state index >= 15 is 0 Å². The monoisotopic (exact) mass is 171 g/mol. The third-order valence-electron chi connectivity index (χ3n) is 2.69. The lowest BCUT2D eigenvalue weighted by atomic mass is 9.86. The van der Waals surface area contributed by atoms with Crippen LogP contribution in [0.3, 0.4) is 0 Å². The van der Waals surface area contributed by atoms with E-state index in [2.05, 4.69) is 33.0 Å². The van der Waals surface area contributed by atoms with Gasteiger partial charge in [0.05, 0.1) is 0 Å². The molecule has 0 unspecified atom stereocenters. The summed E-state index contributed by atoms with van der Waals surface area (Å²) in [5.41, 5.74) is 0.443. The van der Waals surface area contributed by atoms with Gasteiger partial charge in [0.25, 0.3) is 0 Å². The van der Waals surface area contributed by atoms with Gasteiger partial charge < -0.3 is 5.32 Å². The van der Waals surface area contributed by atoms with E-state index in [-0.39, 0.29) is 0 Å². The summed E-state index contributed by atoms with van der Waals surface area (Å²) in [5, 5.41) is 3.65. The molecule has 1 nitrogen and oxygen atoms in total. The number of hydrogen-bond donors (Lipinski definition) is 1. The largest absolute Gasteiger partial charge is 0.312 e. The van der Waals surface area contributed by atoms with Crippen molar-refractivity contribution in [2.24, 2.45) is 0 Å². The molecule has 0 saturated carbocycles. The van der Waals surface area contributed by atoms with Crippen molar-refractivity contribution in [3.05, 3.63) is 0 Å². The van der Waals surface area contributed by atoms with Crippen LogP contribution in [0.1, 0.15) is 59.8 Å². The molecule has 0 spiro atoms. The molecular formula is C11H25N. The van der Waals surface area contributed by atoms with Crippen molar-refractivity contribution in [3.63, 3.8) is 0 Å². The van der Waals surface area contributed by atoms with Crippen LogP contribution in [0, 0.1) is 0 Å². The molecule has 0 heterocycles. The minimum absolute atomic E-state index is 0.443. The van der Waals surface area contributed by atoms with Gasteiger partial charge in [0, 0.05) is 5.54 Å². The third kappa shape index (κ3) is 3.57. The first kappa shape index (κ1) is 12.0. The molecular weight excluding hydrogens is 146 g/mol. The van der Waals surface area contributed by atoms with E-state index in [1.807, 2.05) is 0 Å². The Hall–Kier alpha value is -0.0400. The Morgan fingerprint density at radius 1 is 0.917 bits per heavy atom. The van der Waals surface area contributed by atoms with Crippen molar-refractivity contribution in [1.29, 1.82) is 0 Å². The van der Waals surface area contributed by atoms with Crippen LogP contribution in [-0.2, 0) is 0 Å². The highest BCUT2D eigenvalue weighted by atomic mass is 15.0. The topological polar surface area (TPSA) is 12.0 Å². The van der Waals surface area contributed by atoms with Gasteiger partial charge in [0.15, 0.2) is 0 Å². The molecule has 0 rings (SSSR count). The Morgan fingerprint density at radius 2 is 1.42 bits per heavy atom. The molecule has 12 heavy (non-hydrogen) atoms. The molecule has 0 fully saturated rings. The summed E-state index contributed by atoms with van der Waals surface area (Å²) in [6, 6.07) is 0. The standard InChI is InChI=1S/C11H25N/c1-5-9-11(7-3,10-6-2)12-8-4/h12H,5-10H2,1-4H3. The Morgan fingerprint density at radius 3 is 1.67 bits per heavy atom. The van der Waals surface area contributed by atoms with Crippen LogP contribution >= 0.6 is 0 Å². The molecule has 0 aromatic carbocycles. The summed E-state index contributed by atoms with van der Waals surface area (Å²) in [5.74, 6) is 0. The fourth-order valence-corrected chi connectivity index (χ4v) is 2.11. The Kier molecular flexibility index (Phi) is 6.45. The molecule has 0 aromatic rings. The van der Waals surface area contributed by atoms with Gasteiger partial charge in [-0.05, 0) is 25.8 Å². The first-order valence-corrected chi connectivity index (χ1v) is 5.49. The Balaban J connectivity index is 4.06. The molecule has 0 bridgehead atoms. The van der Waals surface area contributed by atoms with E-state index in [0.29, 0.717) is 5.54 Å². The second kappa shape index (κ2) is 6.47. The van der Waals surface area contributed by atoms with Gasteiger partial charge in [-0.15, -0.1) is 0 Å². The molecule has 0 atom stereocenters. The molecule has 0 aliphatic rings. The average Bonchev–Trinajstić information content (AvgIpc) is 2.06. The fourth-order valence-electron chi connectivity index (χ4n) is 2.11. The van der Waals surface area contributed by atoms with Crippen LogP contribution in [0.2, 0.25) is 0 Å². The number of hydrogen-bond acceptors (Lipinski definition) is 1. The van der Waals surface area contributed by atoms with Crippen molar-refractivity contribution in [1.82, 2.24) is 5.32 Å². The minimum Gasteiger partial charge on any atom is -0.312 e. The minimum atomic E-state index is 0.443. The van der Waals surface area contributed by atoms with Gasteiger partial charge in [-0.3, -0.25) is 0 Å². The second-order valence-electron chi connectivity index (χ2n) is 3.66. The second-order valence-corrected chi connectivity index (χ2v) is 3.66. The predicted octanol–water partition coefficient (Wildman–Crippen LogP) is 3.34. The number of rotatable bonds is 7. The van der Waals surface area contributed by atoms with Crippen LogP contribution in [0.4, 0.5) is 0 Å². The van der Waals surface area contributed by atoms with Crippen LogP contribution in [0.5, 0.6) is 0 Å². The van der Waals surface area contributed by atoms with Crippen molar-refractivity contribution >= 4 is 0 Å². The summed E-state index contributed by atoms with van der Waals surface area (Å²) in [6.45, 7) is 10.2. The molecule has 1 N–H and O–H groups in total. The number of nitrogens with one attached hydrogen (secondary N) is 1.